The molecule has 2 aromatic heterocycles. The van der Waals surface area contributed by atoms with Crippen LogP contribution in [0.2, 0.25) is 0 Å². The summed E-state index contributed by atoms with van der Waals surface area (Å²) >= 11 is 6.69. The highest BCUT2D eigenvalue weighted by molar-refractivity contribution is 9.10. The van der Waals surface area contributed by atoms with Gasteiger partial charge in [-0.05, 0) is 31.9 Å². The van der Waals surface area contributed by atoms with Crippen molar-refractivity contribution in [3.05, 3.63) is 33.5 Å². The van der Waals surface area contributed by atoms with Gasteiger partial charge in [0.25, 0.3) is 0 Å². The van der Waals surface area contributed by atoms with E-state index in [2.05, 4.69) is 41.8 Å². The fourth-order valence-electron chi connectivity index (χ4n) is 1.44. The molecule has 0 aliphatic heterocycles. The van der Waals surface area contributed by atoms with E-state index in [1.165, 1.54) is 0 Å². The Bertz CT molecular complexity index is 524. The molecule has 0 bridgehead atoms. The normalized spacial score (nSPS) is 10.2. The molecule has 0 amide bonds. The van der Waals surface area contributed by atoms with Gasteiger partial charge in [-0.25, -0.2) is 9.97 Å². The fraction of sp³-hybridized carbons (Fsp3) is 0.167. The first-order valence-electron chi connectivity index (χ1n) is 5.06. The van der Waals surface area contributed by atoms with Gasteiger partial charge in [-0.15, -0.1) is 0 Å². The Kier molecular flexibility index (Phi) is 4.19. The molecule has 0 fully saturated rings. The first-order chi connectivity index (χ1) is 8.62. The molecule has 0 unspecified atom stereocenters. The van der Waals surface area contributed by atoms with Gasteiger partial charge in [0.1, 0.15) is 20.7 Å². The van der Waals surface area contributed by atoms with Crippen molar-refractivity contribution in [2.45, 2.75) is 0 Å². The van der Waals surface area contributed by atoms with Crippen molar-refractivity contribution < 1.29 is 9.47 Å². The number of rotatable bonds is 3. The first kappa shape index (κ1) is 13.3. The van der Waals surface area contributed by atoms with Crippen LogP contribution in [0, 0.1) is 0 Å². The Morgan fingerprint density at radius 1 is 0.778 bits per heavy atom. The SMILES string of the molecule is COc1cc(Br)nc(-c2cc(OC)cc(Br)n2)c1. The topological polar surface area (TPSA) is 44.2 Å². The number of pyridine rings is 2. The lowest BCUT2D eigenvalue weighted by atomic mass is 10.2. The third-order valence-electron chi connectivity index (χ3n) is 2.27. The molecule has 0 saturated heterocycles. The molecule has 2 heterocycles. The average molecular weight is 374 g/mol. The minimum Gasteiger partial charge on any atom is -0.497 e. The lowest BCUT2D eigenvalue weighted by molar-refractivity contribution is 0.413. The third-order valence-corrected chi connectivity index (χ3v) is 3.08. The predicted molar refractivity (Wildman–Crippen MR) is 76.0 cm³/mol. The molecule has 0 aliphatic rings. The number of ether oxygens (including phenoxy) is 2. The average Bonchev–Trinajstić information content (AvgIpc) is 2.37. The van der Waals surface area contributed by atoms with E-state index in [0.717, 1.165) is 0 Å². The van der Waals surface area contributed by atoms with Gasteiger partial charge in [-0.3, -0.25) is 0 Å². The number of halogens is 2. The van der Waals surface area contributed by atoms with Crippen molar-refractivity contribution in [2.24, 2.45) is 0 Å². The monoisotopic (exact) mass is 372 g/mol. The lowest BCUT2D eigenvalue weighted by Gasteiger charge is -2.07. The van der Waals surface area contributed by atoms with Crippen LogP contribution < -0.4 is 9.47 Å². The summed E-state index contributed by atoms with van der Waals surface area (Å²) in [7, 11) is 3.22. The molecule has 0 atom stereocenters. The molecule has 0 saturated carbocycles. The minimum atomic E-state index is 0.692. The van der Waals surface area contributed by atoms with Crippen molar-refractivity contribution in [3.63, 3.8) is 0 Å². The molecular formula is C12H10Br2N2O2. The molecule has 0 radical (unpaired) electrons. The summed E-state index contributed by atoms with van der Waals surface area (Å²) in [5, 5.41) is 0. The summed E-state index contributed by atoms with van der Waals surface area (Å²) in [6.07, 6.45) is 0. The summed E-state index contributed by atoms with van der Waals surface area (Å²) < 4.78 is 11.8. The highest BCUT2D eigenvalue weighted by Crippen LogP contribution is 2.28. The van der Waals surface area contributed by atoms with Crippen LogP contribution in [0.3, 0.4) is 0 Å². The molecule has 2 aromatic rings. The Balaban J connectivity index is 2.53. The largest absolute Gasteiger partial charge is 0.497 e. The van der Waals surface area contributed by atoms with Crippen LogP contribution in [0.25, 0.3) is 11.4 Å². The molecular weight excluding hydrogens is 364 g/mol. The molecule has 94 valence electrons. The van der Waals surface area contributed by atoms with E-state index < -0.39 is 0 Å². The standard InChI is InChI=1S/C12H10Br2N2O2/c1-17-7-3-9(15-11(13)5-7)10-4-8(18-2)6-12(14)16-10/h3-6H,1-2H3. The Hall–Kier alpha value is -1.14. The second-order valence-corrected chi connectivity index (χ2v) is 5.05. The van der Waals surface area contributed by atoms with Gasteiger partial charge in [0, 0.05) is 24.3 Å². The molecule has 2 rings (SSSR count). The van der Waals surface area contributed by atoms with Gasteiger partial charge in [0.05, 0.1) is 25.6 Å². The fourth-order valence-corrected chi connectivity index (χ4v) is 2.28. The minimum absolute atomic E-state index is 0.692. The molecule has 0 spiro atoms. The number of hydrogen-bond acceptors (Lipinski definition) is 4. The van der Waals surface area contributed by atoms with Gasteiger partial charge in [-0.1, -0.05) is 0 Å². The maximum absolute atomic E-state index is 5.20. The second-order valence-electron chi connectivity index (χ2n) is 3.43. The number of aromatic nitrogens is 2. The summed E-state index contributed by atoms with van der Waals surface area (Å²) in [4.78, 5) is 8.73. The van der Waals surface area contributed by atoms with Gasteiger partial charge >= 0.3 is 0 Å². The van der Waals surface area contributed by atoms with Crippen molar-refractivity contribution >= 4 is 31.9 Å². The highest BCUT2D eigenvalue weighted by Gasteiger charge is 2.08. The lowest BCUT2D eigenvalue weighted by Crippen LogP contribution is -1.93. The van der Waals surface area contributed by atoms with Crippen molar-refractivity contribution in [3.8, 4) is 22.9 Å². The summed E-state index contributed by atoms with van der Waals surface area (Å²) in [5.74, 6) is 1.43. The molecule has 6 heteroatoms. The number of methoxy groups -OCH3 is 2. The summed E-state index contributed by atoms with van der Waals surface area (Å²) in [6, 6.07) is 7.22. The predicted octanol–water partition coefficient (Wildman–Crippen LogP) is 3.69. The maximum Gasteiger partial charge on any atom is 0.123 e. The van der Waals surface area contributed by atoms with Crippen LogP contribution in [-0.4, -0.2) is 24.2 Å². The van der Waals surface area contributed by atoms with Crippen molar-refractivity contribution in [1.82, 2.24) is 9.97 Å². The Morgan fingerprint density at radius 3 is 1.50 bits per heavy atom. The van der Waals surface area contributed by atoms with Crippen LogP contribution in [0.15, 0.2) is 33.5 Å². The van der Waals surface area contributed by atoms with Crippen LogP contribution in [0.4, 0.5) is 0 Å². The van der Waals surface area contributed by atoms with E-state index in [1.54, 1.807) is 26.4 Å². The number of hydrogen-bond donors (Lipinski definition) is 0. The summed E-state index contributed by atoms with van der Waals surface area (Å²) in [5.41, 5.74) is 1.42. The zero-order valence-electron chi connectivity index (χ0n) is 9.78. The van der Waals surface area contributed by atoms with Crippen LogP contribution in [0.1, 0.15) is 0 Å². The van der Waals surface area contributed by atoms with Gasteiger partial charge in [0.2, 0.25) is 0 Å². The van der Waals surface area contributed by atoms with E-state index in [4.69, 9.17) is 9.47 Å². The number of nitrogens with zero attached hydrogens (tertiary/aromatic N) is 2. The highest BCUT2D eigenvalue weighted by atomic mass is 79.9. The van der Waals surface area contributed by atoms with E-state index in [1.807, 2.05) is 12.1 Å². The van der Waals surface area contributed by atoms with Gasteiger partial charge < -0.3 is 9.47 Å². The van der Waals surface area contributed by atoms with Crippen LogP contribution >= 0.6 is 31.9 Å². The first-order valence-corrected chi connectivity index (χ1v) is 6.64. The summed E-state index contributed by atoms with van der Waals surface area (Å²) in [6.45, 7) is 0. The molecule has 18 heavy (non-hydrogen) atoms. The van der Waals surface area contributed by atoms with E-state index in [9.17, 15) is 0 Å². The van der Waals surface area contributed by atoms with Gasteiger partial charge in [-0.2, -0.15) is 0 Å². The molecule has 4 nitrogen and oxygen atoms in total. The molecule has 0 aliphatic carbocycles. The van der Waals surface area contributed by atoms with E-state index in [0.29, 0.717) is 32.1 Å². The molecule has 0 aromatic carbocycles. The zero-order valence-corrected chi connectivity index (χ0v) is 12.9. The van der Waals surface area contributed by atoms with Crippen LogP contribution in [-0.2, 0) is 0 Å². The smallest absolute Gasteiger partial charge is 0.123 e. The third kappa shape index (κ3) is 3.00. The van der Waals surface area contributed by atoms with Crippen molar-refractivity contribution in [2.75, 3.05) is 14.2 Å². The van der Waals surface area contributed by atoms with E-state index >= 15 is 0 Å². The molecule has 0 N–H and O–H groups in total. The Morgan fingerprint density at radius 2 is 1.17 bits per heavy atom. The zero-order chi connectivity index (χ0) is 13.1. The maximum atomic E-state index is 5.20. The second kappa shape index (κ2) is 5.67. The Labute approximate surface area is 122 Å². The van der Waals surface area contributed by atoms with E-state index in [-0.39, 0.29) is 0 Å². The van der Waals surface area contributed by atoms with Crippen molar-refractivity contribution in [1.29, 1.82) is 0 Å². The quantitative estimate of drug-likeness (QED) is 0.769. The van der Waals surface area contributed by atoms with Crippen LogP contribution in [0.5, 0.6) is 11.5 Å². The van der Waals surface area contributed by atoms with Gasteiger partial charge in [0.15, 0.2) is 0 Å².